The molecule has 1 aromatic carbocycles. The summed E-state index contributed by atoms with van der Waals surface area (Å²) >= 11 is 0. The van der Waals surface area contributed by atoms with Crippen LogP contribution in [0.4, 0.5) is 0 Å². The molecule has 1 radical (unpaired) electrons. The highest BCUT2D eigenvalue weighted by Crippen LogP contribution is 2.15. The van der Waals surface area contributed by atoms with Gasteiger partial charge < -0.3 is 0 Å². The van der Waals surface area contributed by atoms with Gasteiger partial charge >= 0.3 is 0 Å². The number of benzene rings is 1. The Labute approximate surface area is 86.1 Å². The molecule has 0 saturated carbocycles. The van der Waals surface area contributed by atoms with Crippen LogP contribution < -0.4 is 0 Å². The van der Waals surface area contributed by atoms with E-state index in [1.54, 1.807) is 0 Å². The molecule has 1 atom stereocenters. The van der Waals surface area contributed by atoms with Gasteiger partial charge in [-0.05, 0) is 23.5 Å². The summed E-state index contributed by atoms with van der Waals surface area (Å²) in [6.45, 7) is 6.27. The highest BCUT2D eigenvalue weighted by molar-refractivity contribution is 5.62. The Kier molecular flexibility index (Phi) is 3.87. The second-order valence-electron chi connectivity index (χ2n) is 4.18. The highest BCUT2D eigenvalue weighted by atomic mass is 16.1. The fraction of sp³-hybridized carbons (Fsp3) is 0.462. The maximum Gasteiger partial charge on any atom is 0.206 e. The summed E-state index contributed by atoms with van der Waals surface area (Å²) in [6, 6.07) is 8.24. The van der Waals surface area contributed by atoms with Crippen molar-refractivity contribution in [3.63, 3.8) is 0 Å². The van der Waals surface area contributed by atoms with E-state index in [2.05, 4.69) is 26.0 Å². The highest BCUT2D eigenvalue weighted by Gasteiger charge is 2.04. The molecule has 0 aromatic heterocycles. The largest absolute Gasteiger partial charge is 0.290 e. The summed E-state index contributed by atoms with van der Waals surface area (Å²) in [4.78, 5) is 10.4. The van der Waals surface area contributed by atoms with E-state index in [9.17, 15) is 4.79 Å². The lowest BCUT2D eigenvalue weighted by Crippen LogP contribution is -1.97. The first-order valence-corrected chi connectivity index (χ1v) is 5.10. The molecule has 75 valence electrons. The molecule has 1 rings (SSSR count). The predicted octanol–water partition coefficient (Wildman–Crippen LogP) is 3.10. The summed E-state index contributed by atoms with van der Waals surface area (Å²) < 4.78 is 0. The molecular formula is C13H17O. The summed E-state index contributed by atoms with van der Waals surface area (Å²) in [5.74, 6) is 0.569. The Hall–Kier alpha value is -1.11. The fourth-order valence-electron chi connectivity index (χ4n) is 1.48. The normalized spacial score (nSPS) is 12.9. The van der Waals surface area contributed by atoms with E-state index in [1.807, 2.05) is 25.3 Å². The maximum absolute atomic E-state index is 10.4. The molecule has 0 spiro atoms. The minimum Gasteiger partial charge on any atom is -0.290 e. The molecule has 0 aliphatic rings. The van der Waals surface area contributed by atoms with Gasteiger partial charge in [-0.1, -0.05) is 45.0 Å². The summed E-state index contributed by atoms with van der Waals surface area (Å²) in [6.07, 6.45) is 3.09. The van der Waals surface area contributed by atoms with Gasteiger partial charge in [-0.25, -0.2) is 0 Å². The summed E-state index contributed by atoms with van der Waals surface area (Å²) in [5, 5.41) is 0. The summed E-state index contributed by atoms with van der Waals surface area (Å²) in [7, 11) is 0. The second-order valence-corrected chi connectivity index (χ2v) is 4.18. The van der Waals surface area contributed by atoms with Crippen molar-refractivity contribution in [3.8, 4) is 0 Å². The lowest BCUT2D eigenvalue weighted by molar-refractivity contribution is 0.546. The van der Waals surface area contributed by atoms with E-state index < -0.39 is 0 Å². The first kappa shape index (κ1) is 11.0. The third-order valence-electron chi connectivity index (χ3n) is 2.30. The average molecular weight is 189 g/mol. The van der Waals surface area contributed by atoms with Crippen LogP contribution in [-0.4, -0.2) is 6.29 Å². The molecule has 0 saturated heterocycles. The molecular weight excluding hydrogens is 172 g/mol. The summed E-state index contributed by atoms with van der Waals surface area (Å²) in [5.41, 5.74) is 2.38. The molecule has 1 heteroatoms. The molecule has 1 nitrogen and oxygen atoms in total. The molecule has 0 fully saturated rings. The Morgan fingerprint density at radius 2 is 1.71 bits per heavy atom. The zero-order valence-electron chi connectivity index (χ0n) is 9.08. The first-order valence-electron chi connectivity index (χ1n) is 5.10. The van der Waals surface area contributed by atoms with E-state index in [-0.39, 0.29) is 5.92 Å². The minimum atomic E-state index is -0.108. The van der Waals surface area contributed by atoms with Crippen molar-refractivity contribution >= 4 is 6.29 Å². The van der Waals surface area contributed by atoms with Gasteiger partial charge in [0.15, 0.2) is 0 Å². The van der Waals surface area contributed by atoms with Crippen molar-refractivity contribution in [3.05, 3.63) is 35.4 Å². The molecule has 1 unspecified atom stereocenters. The third-order valence-corrected chi connectivity index (χ3v) is 2.30. The quantitative estimate of drug-likeness (QED) is 0.711. The molecule has 0 aliphatic carbocycles. The monoisotopic (exact) mass is 189 g/mol. The van der Waals surface area contributed by atoms with Gasteiger partial charge in [0.2, 0.25) is 6.29 Å². The van der Waals surface area contributed by atoms with Crippen molar-refractivity contribution in [2.75, 3.05) is 0 Å². The Balaban J connectivity index is 2.73. The predicted molar refractivity (Wildman–Crippen MR) is 59.1 cm³/mol. The fourth-order valence-corrected chi connectivity index (χ4v) is 1.48. The minimum absolute atomic E-state index is 0.108. The van der Waals surface area contributed by atoms with Gasteiger partial charge in [-0.2, -0.15) is 0 Å². The van der Waals surface area contributed by atoms with E-state index in [0.29, 0.717) is 5.92 Å². The van der Waals surface area contributed by atoms with Crippen LogP contribution in [0, 0.1) is 5.92 Å². The van der Waals surface area contributed by atoms with Crippen molar-refractivity contribution in [1.82, 2.24) is 0 Å². The van der Waals surface area contributed by atoms with Crippen molar-refractivity contribution in [1.29, 1.82) is 0 Å². The smallest absolute Gasteiger partial charge is 0.206 e. The van der Waals surface area contributed by atoms with Gasteiger partial charge in [-0.15, -0.1) is 0 Å². The van der Waals surface area contributed by atoms with E-state index in [0.717, 1.165) is 12.0 Å². The van der Waals surface area contributed by atoms with E-state index in [4.69, 9.17) is 0 Å². The standard InChI is InChI=1S/C13H17O/c1-10(2)8-12-4-6-13(7-5-12)11(3)9-14/h4-7,10-11H,8H2,1-3H3. The van der Waals surface area contributed by atoms with Crippen molar-refractivity contribution < 1.29 is 4.79 Å². The SMILES string of the molecule is CC(C)Cc1ccc(C(C)[C]=O)cc1. The molecule has 0 N–H and O–H groups in total. The zero-order chi connectivity index (χ0) is 10.6. The first-order chi connectivity index (χ1) is 6.63. The van der Waals surface area contributed by atoms with Crippen LogP contribution in [0.3, 0.4) is 0 Å². The maximum atomic E-state index is 10.4. The lowest BCUT2D eigenvalue weighted by Gasteiger charge is -2.07. The van der Waals surface area contributed by atoms with Crippen LogP contribution in [0.1, 0.15) is 37.8 Å². The molecule has 0 heterocycles. The Morgan fingerprint density at radius 1 is 1.14 bits per heavy atom. The topological polar surface area (TPSA) is 17.1 Å². The van der Waals surface area contributed by atoms with Gasteiger partial charge in [0.25, 0.3) is 0 Å². The van der Waals surface area contributed by atoms with Crippen LogP contribution in [0.25, 0.3) is 0 Å². The van der Waals surface area contributed by atoms with Gasteiger partial charge in [-0.3, -0.25) is 4.79 Å². The van der Waals surface area contributed by atoms with E-state index in [1.165, 1.54) is 5.56 Å². The molecule has 1 aromatic rings. The number of carbonyl (C=O) groups excluding carboxylic acids is 1. The van der Waals surface area contributed by atoms with E-state index >= 15 is 0 Å². The third kappa shape index (κ3) is 2.99. The molecule has 0 aliphatic heterocycles. The number of rotatable bonds is 4. The molecule has 0 bridgehead atoms. The Morgan fingerprint density at radius 3 is 2.14 bits per heavy atom. The average Bonchev–Trinajstić information content (AvgIpc) is 2.17. The number of hydrogen-bond acceptors (Lipinski definition) is 1. The van der Waals surface area contributed by atoms with Crippen LogP contribution in [-0.2, 0) is 11.2 Å². The van der Waals surface area contributed by atoms with Crippen molar-refractivity contribution in [2.24, 2.45) is 5.92 Å². The van der Waals surface area contributed by atoms with Crippen LogP contribution >= 0.6 is 0 Å². The van der Waals surface area contributed by atoms with Crippen LogP contribution in [0.15, 0.2) is 24.3 Å². The van der Waals surface area contributed by atoms with Gasteiger partial charge in [0.1, 0.15) is 0 Å². The second kappa shape index (κ2) is 4.94. The Bertz CT molecular complexity index is 285. The molecule has 0 amide bonds. The zero-order valence-corrected chi connectivity index (χ0v) is 9.08. The van der Waals surface area contributed by atoms with Gasteiger partial charge in [0.05, 0.1) is 0 Å². The van der Waals surface area contributed by atoms with Gasteiger partial charge in [0, 0.05) is 5.92 Å². The van der Waals surface area contributed by atoms with Crippen LogP contribution in [0.5, 0.6) is 0 Å². The lowest BCUT2D eigenvalue weighted by atomic mass is 9.98. The van der Waals surface area contributed by atoms with Crippen LogP contribution in [0.2, 0.25) is 0 Å². The number of hydrogen-bond donors (Lipinski definition) is 0. The molecule has 14 heavy (non-hydrogen) atoms. The van der Waals surface area contributed by atoms with Crippen molar-refractivity contribution in [2.45, 2.75) is 33.1 Å².